The van der Waals surface area contributed by atoms with Crippen molar-refractivity contribution in [3.05, 3.63) is 35.0 Å². The maximum absolute atomic E-state index is 11.1. The lowest BCUT2D eigenvalue weighted by Crippen LogP contribution is -2.23. The molecule has 0 spiro atoms. The number of rotatable bonds is 3. The van der Waals surface area contributed by atoms with Crippen molar-refractivity contribution in [1.29, 1.82) is 0 Å². The quantitative estimate of drug-likeness (QED) is 0.917. The van der Waals surface area contributed by atoms with Gasteiger partial charge in [-0.1, -0.05) is 32.0 Å². The van der Waals surface area contributed by atoms with Crippen molar-refractivity contribution in [1.82, 2.24) is 4.57 Å². The molecule has 1 N–H and O–H groups in total. The van der Waals surface area contributed by atoms with Gasteiger partial charge in [0.25, 0.3) is 0 Å². The summed E-state index contributed by atoms with van der Waals surface area (Å²) in [7, 11) is 0. The SMILES string of the molecule is Cc1c(C(C)(C)CC(=O)O)c2cccc3c2n1CC3. The maximum Gasteiger partial charge on any atom is 0.304 e. The molecule has 1 aromatic carbocycles. The van der Waals surface area contributed by atoms with Crippen molar-refractivity contribution in [2.45, 2.75) is 45.6 Å². The summed E-state index contributed by atoms with van der Waals surface area (Å²) in [4.78, 5) is 11.1. The molecule has 0 radical (unpaired) electrons. The van der Waals surface area contributed by atoms with E-state index in [9.17, 15) is 4.79 Å². The Balaban J connectivity index is 2.28. The van der Waals surface area contributed by atoms with Crippen molar-refractivity contribution in [3.8, 4) is 0 Å². The van der Waals surface area contributed by atoms with E-state index < -0.39 is 5.97 Å². The Morgan fingerprint density at radius 2 is 2.16 bits per heavy atom. The molecule has 1 aromatic heterocycles. The van der Waals surface area contributed by atoms with Crippen LogP contribution in [0.2, 0.25) is 0 Å². The van der Waals surface area contributed by atoms with E-state index >= 15 is 0 Å². The summed E-state index contributed by atoms with van der Waals surface area (Å²) in [6.45, 7) is 7.20. The highest BCUT2D eigenvalue weighted by Crippen LogP contribution is 2.40. The van der Waals surface area contributed by atoms with Gasteiger partial charge < -0.3 is 9.67 Å². The number of hydrogen-bond donors (Lipinski definition) is 1. The first-order chi connectivity index (χ1) is 8.92. The van der Waals surface area contributed by atoms with Crippen LogP contribution in [0.15, 0.2) is 18.2 Å². The summed E-state index contributed by atoms with van der Waals surface area (Å²) in [5.74, 6) is -0.737. The van der Waals surface area contributed by atoms with Gasteiger partial charge in [-0.15, -0.1) is 0 Å². The van der Waals surface area contributed by atoms with Crippen LogP contribution in [-0.2, 0) is 23.2 Å². The van der Waals surface area contributed by atoms with Crippen LogP contribution in [0.4, 0.5) is 0 Å². The Morgan fingerprint density at radius 1 is 1.42 bits per heavy atom. The fourth-order valence-corrected chi connectivity index (χ4v) is 3.64. The summed E-state index contributed by atoms with van der Waals surface area (Å²) in [5, 5.41) is 10.4. The number of benzene rings is 1. The van der Waals surface area contributed by atoms with Crippen molar-refractivity contribution in [2.75, 3.05) is 0 Å². The molecule has 2 heterocycles. The lowest BCUT2D eigenvalue weighted by molar-refractivity contribution is -0.138. The van der Waals surface area contributed by atoms with Gasteiger partial charge in [-0.2, -0.15) is 0 Å². The molecule has 2 aromatic rings. The van der Waals surface area contributed by atoms with Crippen LogP contribution in [0.25, 0.3) is 10.9 Å². The molecular formula is C16H19NO2. The van der Waals surface area contributed by atoms with Crippen LogP contribution in [0.3, 0.4) is 0 Å². The third-order valence-corrected chi connectivity index (χ3v) is 4.30. The fourth-order valence-electron chi connectivity index (χ4n) is 3.64. The van der Waals surface area contributed by atoms with Gasteiger partial charge in [0.2, 0.25) is 0 Å². The smallest absolute Gasteiger partial charge is 0.304 e. The van der Waals surface area contributed by atoms with Gasteiger partial charge in [0, 0.05) is 23.0 Å². The molecule has 0 saturated heterocycles. The van der Waals surface area contributed by atoms with Gasteiger partial charge in [-0.05, 0) is 24.5 Å². The van der Waals surface area contributed by atoms with Crippen LogP contribution in [0, 0.1) is 6.92 Å². The highest BCUT2D eigenvalue weighted by molar-refractivity contribution is 5.91. The average molecular weight is 257 g/mol. The number of carboxylic acid groups (broad SMARTS) is 1. The monoisotopic (exact) mass is 257 g/mol. The summed E-state index contributed by atoms with van der Waals surface area (Å²) in [5.41, 5.74) is 4.79. The first-order valence-corrected chi connectivity index (χ1v) is 6.75. The van der Waals surface area contributed by atoms with E-state index in [1.807, 2.05) is 13.8 Å². The third kappa shape index (κ3) is 1.68. The topological polar surface area (TPSA) is 42.2 Å². The number of aromatic nitrogens is 1. The predicted molar refractivity (Wildman–Crippen MR) is 75.7 cm³/mol. The zero-order chi connectivity index (χ0) is 13.8. The van der Waals surface area contributed by atoms with Gasteiger partial charge in [-0.25, -0.2) is 0 Å². The number of carboxylic acids is 1. The van der Waals surface area contributed by atoms with Crippen molar-refractivity contribution < 1.29 is 9.90 Å². The lowest BCUT2D eigenvalue weighted by atomic mass is 9.79. The summed E-state index contributed by atoms with van der Waals surface area (Å²) in [6, 6.07) is 6.40. The first kappa shape index (κ1) is 12.3. The third-order valence-electron chi connectivity index (χ3n) is 4.30. The van der Waals surface area contributed by atoms with Crippen LogP contribution in [0.5, 0.6) is 0 Å². The molecule has 0 unspecified atom stereocenters. The lowest BCUT2D eigenvalue weighted by Gasteiger charge is -2.24. The van der Waals surface area contributed by atoms with Gasteiger partial charge >= 0.3 is 5.97 Å². The van der Waals surface area contributed by atoms with E-state index in [0.29, 0.717) is 0 Å². The molecule has 0 saturated carbocycles. The second kappa shape index (κ2) is 3.86. The maximum atomic E-state index is 11.1. The zero-order valence-corrected chi connectivity index (χ0v) is 11.7. The normalized spacial score (nSPS) is 14.3. The Hall–Kier alpha value is -1.77. The second-order valence-corrected chi connectivity index (χ2v) is 6.13. The van der Waals surface area contributed by atoms with Crippen LogP contribution >= 0.6 is 0 Å². The number of aliphatic carboxylic acids is 1. The minimum absolute atomic E-state index is 0.164. The Kier molecular flexibility index (Phi) is 2.49. The van der Waals surface area contributed by atoms with E-state index in [1.54, 1.807) is 0 Å². The standard InChI is InChI=1S/C16H19NO2/c1-10-14(16(2,3)9-13(18)19)12-6-4-5-11-7-8-17(10)15(11)12/h4-6H,7-9H2,1-3H3,(H,18,19). The van der Waals surface area contributed by atoms with Crippen molar-refractivity contribution >= 4 is 16.9 Å². The van der Waals surface area contributed by atoms with Gasteiger partial charge in [0.15, 0.2) is 0 Å². The summed E-state index contributed by atoms with van der Waals surface area (Å²) >= 11 is 0. The molecule has 1 aliphatic heterocycles. The number of aryl methyl sites for hydroxylation is 2. The van der Waals surface area contributed by atoms with Crippen molar-refractivity contribution in [3.63, 3.8) is 0 Å². The molecule has 0 atom stereocenters. The highest BCUT2D eigenvalue weighted by Gasteiger charge is 2.32. The largest absolute Gasteiger partial charge is 0.481 e. The number of nitrogens with zero attached hydrogens (tertiary/aromatic N) is 1. The minimum atomic E-state index is -0.737. The molecule has 0 amide bonds. The first-order valence-electron chi connectivity index (χ1n) is 6.75. The fraction of sp³-hybridized carbons (Fsp3) is 0.438. The van der Waals surface area contributed by atoms with E-state index in [-0.39, 0.29) is 11.8 Å². The van der Waals surface area contributed by atoms with E-state index in [4.69, 9.17) is 5.11 Å². The van der Waals surface area contributed by atoms with E-state index in [0.717, 1.165) is 13.0 Å². The number of carbonyl (C=O) groups is 1. The summed E-state index contributed by atoms with van der Waals surface area (Å²) < 4.78 is 2.35. The predicted octanol–water partition coefficient (Wildman–Crippen LogP) is 3.26. The molecule has 3 rings (SSSR count). The van der Waals surface area contributed by atoms with E-state index in [2.05, 4.69) is 29.7 Å². The Morgan fingerprint density at radius 3 is 2.84 bits per heavy atom. The minimum Gasteiger partial charge on any atom is -0.481 e. The van der Waals surface area contributed by atoms with Crippen LogP contribution < -0.4 is 0 Å². The molecule has 3 nitrogen and oxygen atoms in total. The van der Waals surface area contributed by atoms with Crippen LogP contribution in [-0.4, -0.2) is 15.6 Å². The Bertz CT molecular complexity index is 680. The number of para-hydroxylation sites is 1. The molecule has 0 aliphatic carbocycles. The van der Waals surface area contributed by atoms with Crippen molar-refractivity contribution in [2.24, 2.45) is 0 Å². The molecule has 0 fully saturated rings. The number of hydrogen-bond acceptors (Lipinski definition) is 1. The zero-order valence-electron chi connectivity index (χ0n) is 11.7. The molecule has 100 valence electrons. The molecule has 3 heteroatoms. The van der Waals surface area contributed by atoms with Gasteiger partial charge in [0.1, 0.15) is 0 Å². The highest BCUT2D eigenvalue weighted by atomic mass is 16.4. The molecule has 0 bridgehead atoms. The van der Waals surface area contributed by atoms with Gasteiger partial charge in [0.05, 0.1) is 11.9 Å². The average Bonchev–Trinajstić information content (AvgIpc) is 2.82. The molecule has 19 heavy (non-hydrogen) atoms. The van der Waals surface area contributed by atoms with Crippen LogP contribution in [0.1, 0.15) is 37.1 Å². The molecular weight excluding hydrogens is 238 g/mol. The van der Waals surface area contributed by atoms with E-state index in [1.165, 1.54) is 27.7 Å². The molecule has 1 aliphatic rings. The second-order valence-electron chi connectivity index (χ2n) is 6.13. The Labute approximate surface area is 112 Å². The van der Waals surface area contributed by atoms with Gasteiger partial charge in [-0.3, -0.25) is 4.79 Å². The summed E-state index contributed by atoms with van der Waals surface area (Å²) in [6.07, 6.45) is 1.25.